The zero-order valence-electron chi connectivity index (χ0n) is 8.64. The molecule has 0 aromatic rings. The summed E-state index contributed by atoms with van der Waals surface area (Å²) in [5, 5.41) is 0. The Morgan fingerprint density at radius 1 is 1.00 bits per heavy atom. The molecule has 7 heteroatoms. The standard InChI is InChI=1S/C8H12O7/c1-12-6(9)4-5(7(10)13-2)15-8(11)14-3/h5H,4H2,1-3H3. The van der Waals surface area contributed by atoms with Crippen LogP contribution < -0.4 is 0 Å². The van der Waals surface area contributed by atoms with Gasteiger partial charge in [-0.05, 0) is 0 Å². The van der Waals surface area contributed by atoms with E-state index in [0.29, 0.717) is 0 Å². The molecule has 0 spiro atoms. The van der Waals surface area contributed by atoms with Crippen LogP contribution in [0, 0.1) is 0 Å². The van der Waals surface area contributed by atoms with Crippen molar-refractivity contribution in [3.63, 3.8) is 0 Å². The first-order valence-corrected chi connectivity index (χ1v) is 3.94. The third-order valence-corrected chi connectivity index (χ3v) is 1.45. The molecule has 0 bridgehead atoms. The minimum atomic E-state index is -1.35. The third-order valence-electron chi connectivity index (χ3n) is 1.45. The van der Waals surface area contributed by atoms with Crippen LogP contribution in [-0.2, 0) is 28.5 Å². The molecule has 0 fully saturated rings. The lowest BCUT2D eigenvalue weighted by atomic mass is 10.2. The second-order valence-electron chi connectivity index (χ2n) is 2.36. The summed E-state index contributed by atoms with van der Waals surface area (Å²) in [6.07, 6.45) is -2.85. The average Bonchev–Trinajstić information content (AvgIpc) is 2.26. The summed E-state index contributed by atoms with van der Waals surface area (Å²) >= 11 is 0. The lowest BCUT2D eigenvalue weighted by Crippen LogP contribution is -2.31. The number of rotatable bonds is 4. The Morgan fingerprint density at radius 2 is 1.60 bits per heavy atom. The highest BCUT2D eigenvalue weighted by atomic mass is 16.7. The fourth-order valence-electron chi connectivity index (χ4n) is 0.704. The average molecular weight is 220 g/mol. The van der Waals surface area contributed by atoms with Crippen molar-refractivity contribution in [2.45, 2.75) is 12.5 Å². The maximum Gasteiger partial charge on any atom is 0.508 e. The molecular weight excluding hydrogens is 208 g/mol. The van der Waals surface area contributed by atoms with Gasteiger partial charge >= 0.3 is 18.1 Å². The van der Waals surface area contributed by atoms with Crippen LogP contribution >= 0.6 is 0 Å². The van der Waals surface area contributed by atoms with E-state index in [1.54, 1.807) is 0 Å². The number of esters is 2. The highest BCUT2D eigenvalue weighted by Gasteiger charge is 2.27. The molecule has 0 aliphatic heterocycles. The molecule has 0 saturated carbocycles. The lowest BCUT2D eigenvalue weighted by molar-refractivity contribution is -0.158. The summed E-state index contributed by atoms with van der Waals surface area (Å²) in [6, 6.07) is 0. The molecular formula is C8H12O7. The fourth-order valence-corrected chi connectivity index (χ4v) is 0.704. The normalized spacial score (nSPS) is 11.1. The number of ether oxygens (including phenoxy) is 4. The Morgan fingerprint density at radius 3 is 2.00 bits per heavy atom. The number of methoxy groups -OCH3 is 3. The lowest BCUT2D eigenvalue weighted by Gasteiger charge is -2.13. The van der Waals surface area contributed by atoms with Crippen molar-refractivity contribution in [3.8, 4) is 0 Å². The van der Waals surface area contributed by atoms with Crippen molar-refractivity contribution in [1.29, 1.82) is 0 Å². The van der Waals surface area contributed by atoms with E-state index >= 15 is 0 Å². The Balaban J connectivity index is 4.37. The topological polar surface area (TPSA) is 88.1 Å². The van der Waals surface area contributed by atoms with E-state index in [0.717, 1.165) is 21.3 Å². The molecule has 0 heterocycles. The monoisotopic (exact) mass is 220 g/mol. The van der Waals surface area contributed by atoms with Gasteiger partial charge in [0.05, 0.1) is 27.8 Å². The van der Waals surface area contributed by atoms with Gasteiger partial charge in [-0.25, -0.2) is 9.59 Å². The molecule has 1 atom stereocenters. The predicted molar refractivity (Wildman–Crippen MR) is 45.9 cm³/mol. The van der Waals surface area contributed by atoms with Crippen molar-refractivity contribution in [2.75, 3.05) is 21.3 Å². The first-order valence-electron chi connectivity index (χ1n) is 3.94. The Bertz CT molecular complexity index is 229. The summed E-state index contributed by atoms with van der Waals surface area (Å²) in [6.45, 7) is 0. The molecule has 0 saturated heterocycles. The summed E-state index contributed by atoms with van der Waals surface area (Å²) in [4.78, 5) is 32.6. The summed E-state index contributed by atoms with van der Waals surface area (Å²) < 4.78 is 17.3. The molecule has 86 valence electrons. The minimum Gasteiger partial charge on any atom is -0.469 e. The molecule has 0 aromatic carbocycles. The van der Waals surface area contributed by atoms with Crippen molar-refractivity contribution in [3.05, 3.63) is 0 Å². The van der Waals surface area contributed by atoms with Gasteiger partial charge in [0.15, 0.2) is 0 Å². The van der Waals surface area contributed by atoms with E-state index in [1.165, 1.54) is 0 Å². The van der Waals surface area contributed by atoms with E-state index in [4.69, 9.17) is 0 Å². The van der Waals surface area contributed by atoms with Gasteiger partial charge in [-0.15, -0.1) is 0 Å². The fraction of sp³-hybridized carbons (Fsp3) is 0.625. The molecule has 0 aliphatic rings. The second kappa shape index (κ2) is 6.63. The van der Waals surface area contributed by atoms with E-state index < -0.39 is 30.6 Å². The number of hydrogen-bond acceptors (Lipinski definition) is 7. The van der Waals surface area contributed by atoms with E-state index in [1.807, 2.05) is 0 Å². The largest absolute Gasteiger partial charge is 0.508 e. The molecule has 7 nitrogen and oxygen atoms in total. The smallest absolute Gasteiger partial charge is 0.469 e. The van der Waals surface area contributed by atoms with Gasteiger partial charge in [-0.3, -0.25) is 4.79 Å². The number of hydrogen-bond donors (Lipinski definition) is 0. The maximum atomic E-state index is 11.1. The van der Waals surface area contributed by atoms with Crippen molar-refractivity contribution in [1.82, 2.24) is 0 Å². The van der Waals surface area contributed by atoms with Crippen molar-refractivity contribution >= 4 is 18.1 Å². The zero-order chi connectivity index (χ0) is 11.8. The molecule has 0 rings (SSSR count). The van der Waals surface area contributed by atoms with Crippen LogP contribution in [0.15, 0.2) is 0 Å². The predicted octanol–water partition coefficient (Wildman–Crippen LogP) is -0.126. The molecule has 0 N–H and O–H groups in total. The maximum absolute atomic E-state index is 11.1. The summed E-state index contributed by atoms with van der Waals surface area (Å²) in [5.74, 6) is -1.56. The quantitative estimate of drug-likeness (QED) is 0.481. The molecule has 0 radical (unpaired) electrons. The highest BCUT2D eigenvalue weighted by Crippen LogP contribution is 2.04. The Kier molecular flexibility index (Phi) is 5.84. The SMILES string of the molecule is COC(=O)CC(OC(=O)OC)C(=O)OC. The van der Waals surface area contributed by atoms with Crippen LogP contribution in [0.5, 0.6) is 0 Å². The molecule has 0 amide bonds. The molecule has 0 aromatic heterocycles. The van der Waals surface area contributed by atoms with Crippen LogP contribution in [-0.4, -0.2) is 45.5 Å². The molecule has 0 aliphatic carbocycles. The Hall–Kier alpha value is -1.79. The van der Waals surface area contributed by atoms with Gasteiger partial charge in [0.2, 0.25) is 6.10 Å². The first kappa shape index (κ1) is 13.2. The summed E-state index contributed by atoms with van der Waals surface area (Å²) in [7, 11) is 3.33. The van der Waals surface area contributed by atoms with Gasteiger partial charge in [0, 0.05) is 0 Å². The number of carbonyl (C=O) groups is 3. The van der Waals surface area contributed by atoms with Crippen LogP contribution in [0.3, 0.4) is 0 Å². The van der Waals surface area contributed by atoms with Gasteiger partial charge in [-0.2, -0.15) is 0 Å². The summed E-state index contributed by atoms with van der Waals surface area (Å²) in [5.41, 5.74) is 0. The molecule has 15 heavy (non-hydrogen) atoms. The van der Waals surface area contributed by atoms with Crippen LogP contribution in [0.4, 0.5) is 4.79 Å². The molecule has 1 unspecified atom stereocenters. The zero-order valence-corrected chi connectivity index (χ0v) is 8.64. The van der Waals surface area contributed by atoms with Crippen molar-refractivity contribution in [2.24, 2.45) is 0 Å². The van der Waals surface area contributed by atoms with Gasteiger partial charge in [-0.1, -0.05) is 0 Å². The van der Waals surface area contributed by atoms with Gasteiger partial charge in [0.1, 0.15) is 0 Å². The van der Waals surface area contributed by atoms with E-state index in [9.17, 15) is 14.4 Å². The van der Waals surface area contributed by atoms with Crippen molar-refractivity contribution < 1.29 is 33.3 Å². The third kappa shape index (κ3) is 4.84. The van der Waals surface area contributed by atoms with E-state index in [2.05, 4.69) is 18.9 Å². The minimum absolute atomic E-state index is 0.418. The second-order valence-corrected chi connectivity index (χ2v) is 2.36. The van der Waals surface area contributed by atoms with Crippen LogP contribution in [0.2, 0.25) is 0 Å². The number of carbonyl (C=O) groups excluding carboxylic acids is 3. The van der Waals surface area contributed by atoms with Gasteiger partial charge < -0.3 is 18.9 Å². The van der Waals surface area contributed by atoms with Gasteiger partial charge in [0.25, 0.3) is 0 Å². The van der Waals surface area contributed by atoms with Crippen LogP contribution in [0.25, 0.3) is 0 Å². The highest BCUT2D eigenvalue weighted by molar-refractivity contribution is 5.83. The Labute approximate surface area is 86.2 Å². The first-order chi connectivity index (χ1) is 7.04. The van der Waals surface area contributed by atoms with E-state index in [-0.39, 0.29) is 0 Å². The van der Waals surface area contributed by atoms with Crippen LogP contribution in [0.1, 0.15) is 6.42 Å².